The third kappa shape index (κ3) is 5.03. The molecule has 0 aliphatic carbocycles. The molecule has 1 unspecified atom stereocenters. The normalized spacial score (nSPS) is 18.1. The summed E-state index contributed by atoms with van der Waals surface area (Å²) in [5, 5.41) is 2.85. The van der Waals surface area contributed by atoms with Crippen LogP contribution in [0.4, 0.5) is 5.69 Å². The maximum Gasteiger partial charge on any atom is 0.239 e. The number of rotatable bonds is 6. The van der Waals surface area contributed by atoms with Crippen molar-refractivity contribution in [2.45, 2.75) is 39.7 Å². The Morgan fingerprint density at radius 3 is 2.42 bits per heavy atom. The number of aryl methyl sites for hydroxylation is 3. The van der Waals surface area contributed by atoms with Crippen molar-refractivity contribution in [1.82, 2.24) is 4.31 Å². The molecule has 1 saturated heterocycles. The summed E-state index contributed by atoms with van der Waals surface area (Å²) >= 11 is 0. The molecule has 1 amide bonds. The summed E-state index contributed by atoms with van der Waals surface area (Å²) in [5.74, 6) is -0.339. The van der Waals surface area contributed by atoms with E-state index in [0.717, 1.165) is 41.5 Å². The van der Waals surface area contributed by atoms with Crippen molar-refractivity contribution in [1.29, 1.82) is 0 Å². The van der Waals surface area contributed by atoms with E-state index in [4.69, 9.17) is 4.74 Å². The van der Waals surface area contributed by atoms with Crippen LogP contribution >= 0.6 is 0 Å². The third-order valence-electron chi connectivity index (χ3n) is 4.16. The van der Waals surface area contributed by atoms with E-state index in [1.165, 1.54) is 4.31 Å². The fourth-order valence-electron chi connectivity index (χ4n) is 3.05. The second kappa shape index (κ2) is 7.63. The topological polar surface area (TPSA) is 75.7 Å². The van der Waals surface area contributed by atoms with E-state index >= 15 is 0 Å². The zero-order valence-corrected chi connectivity index (χ0v) is 15.6. The van der Waals surface area contributed by atoms with E-state index in [1.54, 1.807) is 0 Å². The number of hydrogen-bond acceptors (Lipinski definition) is 4. The van der Waals surface area contributed by atoms with Crippen LogP contribution in [-0.2, 0) is 19.6 Å². The van der Waals surface area contributed by atoms with Crippen molar-refractivity contribution in [3.05, 3.63) is 28.8 Å². The van der Waals surface area contributed by atoms with Gasteiger partial charge in [0.15, 0.2) is 0 Å². The van der Waals surface area contributed by atoms with Crippen LogP contribution in [0.2, 0.25) is 0 Å². The number of nitrogens with zero attached hydrogens (tertiary/aromatic N) is 1. The van der Waals surface area contributed by atoms with E-state index in [1.807, 2.05) is 32.9 Å². The highest BCUT2D eigenvalue weighted by Gasteiger charge is 2.26. The van der Waals surface area contributed by atoms with Crippen molar-refractivity contribution in [3.8, 4) is 0 Å². The summed E-state index contributed by atoms with van der Waals surface area (Å²) in [7, 11) is -3.47. The van der Waals surface area contributed by atoms with Gasteiger partial charge in [0.05, 0.1) is 18.9 Å². The van der Waals surface area contributed by atoms with Gasteiger partial charge in [0.25, 0.3) is 0 Å². The van der Waals surface area contributed by atoms with Gasteiger partial charge < -0.3 is 10.1 Å². The molecule has 24 heavy (non-hydrogen) atoms. The van der Waals surface area contributed by atoms with Crippen LogP contribution in [0.15, 0.2) is 12.1 Å². The van der Waals surface area contributed by atoms with Gasteiger partial charge in [-0.1, -0.05) is 17.7 Å². The highest BCUT2D eigenvalue weighted by molar-refractivity contribution is 7.88. The zero-order valence-electron chi connectivity index (χ0n) is 14.8. The van der Waals surface area contributed by atoms with E-state index in [2.05, 4.69) is 5.32 Å². The fourth-order valence-corrected chi connectivity index (χ4v) is 3.84. The molecule has 0 spiro atoms. The molecule has 1 aromatic rings. The van der Waals surface area contributed by atoms with Gasteiger partial charge in [-0.2, -0.15) is 4.31 Å². The van der Waals surface area contributed by atoms with Crippen molar-refractivity contribution < 1.29 is 17.9 Å². The van der Waals surface area contributed by atoms with Crippen LogP contribution in [0.25, 0.3) is 0 Å². The molecule has 0 saturated carbocycles. The van der Waals surface area contributed by atoms with Crippen LogP contribution in [0, 0.1) is 20.8 Å². The Morgan fingerprint density at radius 2 is 1.92 bits per heavy atom. The molecule has 0 aromatic heterocycles. The van der Waals surface area contributed by atoms with E-state index < -0.39 is 10.0 Å². The predicted molar refractivity (Wildman–Crippen MR) is 94.7 cm³/mol. The molecule has 0 radical (unpaired) electrons. The number of benzene rings is 1. The molecular formula is C17H26N2O4S. The largest absolute Gasteiger partial charge is 0.377 e. The molecule has 1 aromatic carbocycles. The monoisotopic (exact) mass is 354 g/mol. The number of ether oxygens (including phenoxy) is 1. The Hall–Kier alpha value is -1.44. The highest BCUT2D eigenvalue weighted by Crippen LogP contribution is 2.22. The van der Waals surface area contributed by atoms with Gasteiger partial charge in [-0.05, 0) is 44.7 Å². The van der Waals surface area contributed by atoms with Crippen molar-refractivity contribution in [3.63, 3.8) is 0 Å². The van der Waals surface area contributed by atoms with Crippen LogP contribution in [0.3, 0.4) is 0 Å². The van der Waals surface area contributed by atoms with Gasteiger partial charge in [0.1, 0.15) is 0 Å². The Morgan fingerprint density at radius 1 is 1.29 bits per heavy atom. The Bertz CT molecular complexity index is 686. The van der Waals surface area contributed by atoms with Crippen LogP contribution in [0.5, 0.6) is 0 Å². The number of sulfonamides is 1. The number of nitrogens with one attached hydrogen (secondary N) is 1. The smallest absolute Gasteiger partial charge is 0.239 e. The highest BCUT2D eigenvalue weighted by atomic mass is 32.2. The number of carbonyl (C=O) groups excluding carboxylic acids is 1. The molecular weight excluding hydrogens is 328 g/mol. The van der Waals surface area contributed by atoms with Crippen molar-refractivity contribution in [2.75, 3.05) is 31.3 Å². The Balaban J connectivity index is 2.07. The summed E-state index contributed by atoms with van der Waals surface area (Å²) in [4.78, 5) is 12.4. The Labute approximate surface area is 144 Å². The average Bonchev–Trinajstić information content (AvgIpc) is 2.94. The molecule has 1 aliphatic heterocycles. The molecule has 134 valence electrons. The summed E-state index contributed by atoms with van der Waals surface area (Å²) in [6, 6.07) is 3.98. The van der Waals surface area contributed by atoms with Crippen LogP contribution in [0.1, 0.15) is 29.5 Å². The van der Waals surface area contributed by atoms with Crippen LogP contribution in [-0.4, -0.2) is 50.7 Å². The minimum absolute atomic E-state index is 0.129. The average molecular weight is 354 g/mol. The third-order valence-corrected chi connectivity index (χ3v) is 5.38. The lowest BCUT2D eigenvalue weighted by molar-refractivity contribution is -0.116. The lowest BCUT2D eigenvalue weighted by Gasteiger charge is -2.23. The first-order valence-corrected chi connectivity index (χ1v) is 9.96. The molecule has 0 bridgehead atoms. The summed E-state index contributed by atoms with van der Waals surface area (Å²) in [6.07, 6.45) is 2.74. The zero-order chi connectivity index (χ0) is 17.9. The van der Waals surface area contributed by atoms with Gasteiger partial charge in [-0.25, -0.2) is 8.42 Å². The second-order valence-electron chi connectivity index (χ2n) is 6.51. The first-order valence-electron chi connectivity index (χ1n) is 8.11. The molecule has 1 aliphatic rings. The standard InChI is InChI=1S/C17H26N2O4S/c1-12-8-13(2)17(14(3)9-12)18-16(20)11-19(24(4,21)22)10-15-6-5-7-23-15/h8-9,15H,5-7,10-11H2,1-4H3,(H,18,20). The number of amides is 1. The minimum atomic E-state index is -3.47. The maximum atomic E-state index is 12.4. The molecule has 7 heteroatoms. The SMILES string of the molecule is Cc1cc(C)c(NC(=O)CN(CC2CCCO2)S(C)(=O)=O)c(C)c1. The molecule has 1 fully saturated rings. The Kier molecular flexibility index (Phi) is 6.01. The lowest BCUT2D eigenvalue weighted by atomic mass is 10.1. The molecule has 1 N–H and O–H groups in total. The van der Waals surface area contributed by atoms with E-state index in [-0.39, 0.29) is 25.1 Å². The van der Waals surface area contributed by atoms with Gasteiger partial charge in [0.2, 0.25) is 15.9 Å². The fraction of sp³-hybridized carbons (Fsp3) is 0.588. The second-order valence-corrected chi connectivity index (χ2v) is 8.49. The van der Waals surface area contributed by atoms with Crippen molar-refractivity contribution in [2.24, 2.45) is 0 Å². The first kappa shape index (κ1) is 18.9. The minimum Gasteiger partial charge on any atom is -0.377 e. The van der Waals surface area contributed by atoms with E-state index in [0.29, 0.717) is 6.61 Å². The molecule has 2 rings (SSSR count). The number of hydrogen-bond donors (Lipinski definition) is 1. The number of carbonyl (C=O) groups is 1. The molecule has 1 atom stereocenters. The van der Waals surface area contributed by atoms with Gasteiger partial charge in [-0.15, -0.1) is 0 Å². The number of anilines is 1. The first-order chi connectivity index (χ1) is 11.2. The van der Waals surface area contributed by atoms with Gasteiger partial charge in [0, 0.05) is 18.8 Å². The van der Waals surface area contributed by atoms with Gasteiger partial charge >= 0.3 is 0 Å². The van der Waals surface area contributed by atoms with Crippen molar-refractivity contribution >= 4 is 21.6 Å². The summed E-state index contributed by atoms with van der Waals surface area (Å²) in [5.41, 5.74) is 3.80. The maximum absolute atomic E-state index is 12.4. The molecule has 6 nitrogen and oxygen atoms in total. The quantitative estimate of drug-likeness (QED) is 0.848. The van der Waals surface area contributed by atoms with Gasteiger partial charge in [-0.3, -0.25) is 4.79 Å². The van der Waals surface area contributed by atoms with Crippen LogP contribution < -0.4 is 5.32 Å². The summed E-state index contributed by atoms with van der Waals surface area (Å²) in [6.45, 7) is 6.52. The van der Waals surface area contributed by atoms with E-state index in [9.17, 15) is 13.2 Å². The predicted octanol–water partition coefficient (Wildman–Crippen LogP) is 1.99. The lowest BCUT2D eigenvalue weighted by Crippen LogP contribution is -2.41. The summed E-state index contributed by atoms with van der Waals surface area (Å²) < 4.78 is 30.6. The molecule has 1 heterocycles.